The lowest BCUT2D eigenvalue weighted by molar-refractivity contribution is 0.449. The van der Waals surface area contributed by atoms with E-state index < -0.39 is 0 Å². The maximum Gasteiger partial charge on any atom is 0.216 e. The van der Waals surface area contributed by atoms with Gasteiger partial charge in [0.1, 0.15) is 0 Å². The first kappa shape index (κ1) is 12.3. The van der Waals surface area contributed by atoms with Crippen LogP contribution >= 0.6 is 0 Å². The number of nitrogens with zero attached hydrogens (tertiary/aromatic N) is 1. The van der Waals surface area contributed by atoms with Crippen molar-refractivity contribution >= 4 is 16.6 Å². The molecule has 1 aromatic heterocycles. The van der Waals surface area contributed by atoms with Crippen molar-refractivity contribution in [3.8, 4) is 5.88 Å². The fourth-order valence-electron chi connectivity index (χ4n) is 2.93. The summed E-state index contributed by atoms with van der Waals surface area (Å²) >= 11 is 0. The molecule has 100 valence electrons. The lowest BCUT2D eigenvalue weighted by atomic mass is 9.95. The summed E-state index contributed by atoms with van der Waals surface area (Å²) in [7, 11) is 0. The summed E-state index contributed by atoms with van der Waals surface area (Å²) in [6, 6.07) is 8.51. The molecule has 1 aromatic carbocycles. The molecule has 1 fully saturated rings. The number of hydrogen-bond acceptors (Lipinski definition) is 3. The van der Waals surface area contributed by atoms with E-state index in [0.29, 0.717) is 6.04 Å². The van der Waals surface area contributed by atoms with Crippen LogP contribution in [0.3, 0.4) is 0 Å². The summed E-state index contributed by atoms with van der Waals surface area (Å²) in [6.45, 7) is 1.93. The second-order valence-corrected chi connectivity index (χ2v) is 5.43. The molecular weight excluding hydrogens is 236 g/mol. The van der Waals surface area contributed by atoms with Crippen molar-refractivity contribution in [2.75, 3.05) is 5.32 Å². The van der Waals surface area contributed by atoms with Crippen molar-refractivity contribution in [3.63, 3.8) is 0 Å². The minimum atomic E-state index is 0.136. The lowest BCUT2D eigenvalue weighted by Crippen LogP contribution is -2.22. The van der Waals surface area contributed by atoms with Crippen LogP contribution in [0.2, 0.25) is 0 Å². The van der Waals surface area contributed by atoms with Crippen molar-refractivity contribution in [1.82, 2.24) is 4.98 Å². The molecule has 0 radical (unpaired) electrons. The first-order chi connectivity index (χ1) is 9.25. The van der Waals surface area contributed by atoms with Gasteiger partial charge in [0.15, 0.2) is 0 Å². The molecule has 1 aliphatic carbocycles. The molecule has 2 aromatic rings. The minimum Gasteiger partial charge on any atom is -0.493 e. The van der Waals surface area contributed by atoms with E-state index in [1.54, 1.807) is 0 Å². The van der Waals surface area contributed by atoms with E-state index in [1.165, 1.54) is 32.1 Å². The smallest absolute Gasteiger partial charge is 0.216 e. The molecule has 19 heavy (non-hydrogen) atoms. The number of benzene rings is 1. The van der Waals surface area contributed by atoms with Gasteiger partial charge in [0, 0.05) is 17.0 Å². The van der Waals surface area contributed by atoms with E-state index >= 15 is 0 Å². The summed E-state index contributed by atoms with van der Waals surface area (Å²) < 4.78 is 0. The largest absolute Gasteiger partial charge is 0.493 e. The van der Waals surface area contributed by atoms with Gasteiger partial charge in [0.25, 0.3) is 0 Å². The molecule has 0 bridgehead atoms. The van der Waals surface area contributed by atoms with Gasteiger partial charge in [-0.05, 0) is 25.8 Å². The Balaban J connectivity index is 2.02. The van der Waals surface area contributed by atoms with Crippen LogP contribution in [0, 0.1) is 6.92 Å². The van der Waals surface area contributed by atoms with Gasteiger partial charge >= 0.3 is 0 Å². The Morgan fingerprint density at radius 1 is 1.16 bits per heavy atom. The normalized spacial score (nSPS) is 16.7. The zero-order valence-corrected chi connectivity index (χ0v) is 11.3. The average molecular weight is 256 g/mol. The molecule has 1 aliphatic rings. The first-order valence-corrected chi connectivity index (χ1v) is 7.10. The summed E-state index contributed by atoms with van der Waals surface area (Å²) in [5, 5.41) is 14.7. The predicted octanol–water partition coefficient (Wildman–Crippen LogP) is 3.99. The summed E-state index contributed by atoms with van der Waals surface area (Å²) in [5.74, 6) is 0.136. The highest BCUT2D eigenvalue weighted by atomic mass is 16.3. The van der Waals surface area contributed by atoms with Crippen LogP contribution in [0.25, 0.3) is 10.9 Å². The lowest BCUT2D eigenvalue weighted by Gasteiger charge is -2.25. The summed E-state index contributed by atoms with van der Waals surface area (Å²) in [6.07, 6.45) is 6.38. The van der Waals surface area contributed by atoms with Gasteiger partial charge in [-0.15, -0.1) is 0 Å². The van der Waals surface area contributed by atoms with E-state index in [2.05, 4.69) is 16.4 Å². The van der Waals surface area contributed by atoms with Crippen LogP contribution in [0.1, 0.15) is 37.7 Å². The number of nitrogens with one attached hydrogen (secondary N) is 1. The second kappa shape index (κ2) is 5.08. The first-order valence-electron chi connectivity index (χ1n) is 7.10. The molecule has 2 N–H and O–H groups in total. The fraction of sp³-hybridized carbons (Fsp3) is 0.438. The third-order valence-corrected chi connectivity index (χ3v) is 4.06. The maximum atomic E-state index is 9.98. The van der Waals surface area contributed by atoms with Crippen molar-refractivity contribution in [3.05, 3.63) is 29.8 Å². The van der Waals surface area contributed by atoms with Crippen molar-refractivity contribution < 1.29 is 5.11 Å². The van der Waals surface area contributed by atoms with Gasteiger partial charge < -0.3 is 10.4 Å². The molecule has 1 saturated carbocycles. The van der Waals surface area contributed by atoms with Crippen LogP contribution < -0.4 is 5.32 Å². The van der Waals surface area contributed by atoms with Gasteiger partial charge in [-0.2, -0.15) is 0 Å². The van der Waals surface area contributed by atoms with Crippen LogP contribution in [0.15, 0.2) is 24.3 Å². The van der Waals surface area contributed by atoms with Crippen LogP contribution in [0.4, 0.5) is 5.69 Å². The monoisotopic (exact) mass is 256 g/mol. The Morgan fingerprint density at radius 3 is 2.68 bits per heavy atom. The fourth-order valence-corrected chi connectivity index (χ4v) is 2.93. The van der Waals surface area contributed by atoms with E-state index in [4.69, 9.17) is 0 Å². The molecule has 0 unspecified atom stereocenters. The molecule has 3 rings (SSSR count). The highest BCUT2D eigenvalue weighted by Gasteiger charge is 2.17. The Kier molecular flexibility index (Phi) is 3.28. The van der Waals surface area contributed by atoms with Crippen LogP contribution in [0.5, 0.6) is 5.88 Å². The summed E-state index contributed by atoms with van der Waals surface area (Å²) in [4.78, 5) is 4.24. The maximum absolute atomic E-state index is 9.98. The average Bonchev–Trinajstić information content (AvgIpc) is 2.45. The zero-order chi connectivity index (χ0) is 13.2. The molecule has 3 heteroatoms. The number of fused-ring (bicyclic) bond motifs is 1. The molecule has 0 atom stereocenters. The number of rotatable bonds is 2. The predicted molar refractivity (Wildman–Crippen MR) is 78.6 cm³/mol. The van der Waals surface area contributed by atoms with Crippen LogP contribution in [-0.2, 0) is 0 Å². The third-order valence-electron chi connectivity index (χ3n) is 4.06. The number of aromatic nitrogens is 1. The molecule has 1 heterocycles. The number of para-hydroxylation sites is 1. The van der Waals surface area contributed by atoms with Gasteiger partial charge in [0.2, 0.25) is 5.88 Å². The number of hydrogen-bond donors (Lipinski definition) is 2. The summed E-state index contributed by atoms with van der Waals surface area (Å²) in [5.41, 5.74) is 2.75. The van der Waals surface area contributed by atoms with Crippen molar-refractivity contribution in [1.29, 1.82) is 0 Å². The topological polar surface area (TPSA) is 45.2 Å². The molecule has 0 saturated heterocycles. The Hall–Kier alpha value is -1.77. The molecule has 3 nitrogen and oxygen atoms in total. The van der Waals surface area contributed by atoms with E-state index in [9.17, 15) is 5.11 Å². The van der Waals surface area contributed by atoms with Crippen LogP contribution in [-0.4, -0.2) is 16.1 Å². The quantitative estimate of drug-likeness (QED) is 0.853. The third kappa shape index (κ3) is 2.37. The van der Waals surface area contributed by atoms with E-state index in [0.717, 1.165) is 22.2 Å². The Morgan fingerprint density at radius 2 is 1.89 bits per heavy atom. The minimum absolute atomic E-state index is 0.136. The van der Waals surface area contributed by atoms with Crippen molar-refractivity contribution in [2.24, 2.45) is 0 Å². The van der Waals surface area contributed by atoms with E-state index in [-0.39, 0.29) is 5.88 Å². The highest BCUT2D eigenvalue weighted by Crippen LogP contribution is 2.33. The molecule has 0 amide bonds. The standard InChI is InChI=1S/C16H20N2O/c1-11-15(17-12-7-3-2-4-8-12)13-9-5-6-10-14(13)18-16(11)19/h5-6,9-10,12H,2-4,7-8H2,1H3,(H2,17,18,19). The number of anilines is 1. The zero-order valence-electron chi connectivity index (χ0n) is 11.3. The second-order valence-electron chi connectivity index (χ2n) is 5.43. The molecule has 0 spiro atoms. The van der Waals surface area contributed by atoms with Crippen molar-refractivity contribution in [2.45, 2.75) is 45.1 Å². The van der Waals surface area contributed by atoms with Gasteiger partial charge in [-0.1, -0.05) is 37.5 Å². The number of pyridine rings is 1. The van der Waals surface area contributed by atoms with E-state index in [1.807, 2.05) is 25.1 Å². The SMILES string of the molecule is Cc1c(O)nc2ccccc2c1NC1CCCCC1. The van der Waals surface area contributed by atoms with Gasteiger partial charge in [-0.3, -0.25) is 0 Å². The Labute approximate surface area is 113 Å². The molecular formula is C16H20N2O. The van der Waals surface area contributed by atoms with Gasteiger partial charge in [-0.25, -0.2) is 4.98 Å². The molecule has 0 aliphatic heterocycles. The number of aromatic hydroxyl groups is 1. The van der Waals surface area contributed by atoms with Gasteiger partial charge in [0.05, 0.1) is 11.2 Å². The highest BCUT2D eigenvalue weighted by molar-refractivity contribution is 5.93. The Bertz CT molecular complexity index is 589.